The second kappa shape index (κ2) is 5.90. The van der Waals surface area contributed by atoms with Gasteiger partial charge in [0.25, 0.3) is 0 Å². The molecule has 0 saturated heterocycles. The van der Waals surface area contributed by atoms with Crippen molar-refractivity contribution in [3.8, 4) is 11.5 Å². The fourth-order valence-corrected chi connectivity index (χ4v) is 0.994. The van der Waals surface area contributed by atoms with E-state index in [0.29, 0.717) is 12.4 Å². The van der Waals surface area contributed by atoms with Crippen molar-refractivity contribution in [3.05, 3.63) is 24.3 Å². The van der Waals surface area contributed by atoms with Crippen LogP contribution in [0, 0.1) is 0 Å². The smallest absolute Gasteiger partial charge is 0.128 e. The number of carboxylic acids is 1. The van der Waals surface area contributed by atoms with Gasteiger partial charge in [-0.05, 0) is 30.7 Å². The number of ether oxygens (including phenoxy) is 2. The number of hydrogen-bond donors (Lipinski definition) is 0. The van der Waals surface area contributed by atoms with Gasteiger partial charge in [-0.3, -0.25) is 0 Å². The number of rotatable bonds is 6. The monoisotopic (exact) mass is 209 g/mol. The third-order valence-electron chi connectivity index (χ3n) is 1.65. The third kappa shape index (κ3) is 4.35. The molecule has 15 heavy (non-hydrogen) atoms. The van der Waals surface area contributed by atoms with Gasteiger partial charge in [0.15, 0.2) is 0 Å². The lowest BCUT2D eigenvalue weighted by Gasteiger charge is -2.08. The Morgan fingerprint density at radius 1 is 1.20 bits per heavy atom. The lowest BCUT2D eigenvalue weighted by atomic mass is 10.3. The highest BCUT2D eigenvalue weighted by molar-refractivity contribution is 5.66. The summed E-state index contributed by atoms with van der Waals surface area (Å²) >= 11 is 0. The summed E-state index contributed by atoms with van der Waals surface area (Å²) in [6, 6.07) is 6.79. The van der Waals surface area contributed by atoms with Crippen LogP contribution in [-0.4, -0.2) is 19.2 Å². The lowest BCUT2D eigenvalue weighted by molar-refractivity contribution is -0.307. The number of hydrogen-bond acceptors (Lipinski definition) is 4. The number of carbonyl (C=O) groups is 1. The highest BCUT2D eigenvalue weighted by Crippen LogP contribution is 2.17. The Morgan fingerprint density at radius 2 is 1.73 bits per heavy atom. The van der Waals surface area contributed by atoms with Crippen LogP contribution in [0.5, 0.6) is 11.5 Å². The number of carboxylic acid groups (broad SMARTS) is 1. The van der Waals surface area contributed by atoms with Crippen molar-refractivity contribution >= 4 is 5.97 Å². The normalized spacial score (nSPS) is 9.67. The van der Waals surface area contributed by atoms with Gasteiger partial charge in [-0.2, -0.15) is 0 Å². The van der Waals surface area contributed by atoms with Crippen molar-refractivity contribution in [1.82, 2.24) is 0 Å². The van der Waals surface area contributed by atoms with Crippen LogP contribution in [0.3, 0.4) is 0 Å². The largest absolute Gasteiger partial charge is 0.546 e. The Kier molecular flexibility index (Phi) is 4.47. The van der Waals surface area contributed by atoms with E-state index in [9.17, 15) is 9.90 Å². The topological polar surface area (TPSA) is 58.6 Å². The quantitative estimate of drug-likeness (QED) is 0.688. The molecule has 0 aliphatic heterocycles. The van der Waals surface area contributed by atoms with Crippen molar-refractivity contribution in [3.63, 3.8) is 0 Å². The van der Waals surface area contributed by atoms with Crippen molar-refractivity contribution in [2.75, 3.05) is 13.2 Å². The Morgan fingerprint density at radius 3 is 2.20 bits per heavy atom. The number of carbonyl (C=O) groups excluding carboxylic acids is 1. The van der Waals surface area contributed by atoms with Crippen LogP contribution < -0.4 is 14.6 Å². The predicted molar refractivity (Wildman–Crippen MR) is 52.7 cm³/mol. The molecule has 4 heteroatoms. The number of benzene rings is 1. The van der Waals surface area contributed by atoms with E-state index in [1.807, 2.05) is 6.92 Å². The van der Waals surface area contributed by atoms with Crippen LogP contribution in [0.25, 0.3) is 0 Å². The van der Waals surface area contributed by atoms with E-state index in [2.05, 4.69) is 0 Å². The highest BCUT2D eigenvalue weighted by atomic mass is 16.5. The van der Waals surface area contributed by atoms with Gasteiger partial charge in [0, 0.05) is 0 Å². The first-order valence-electron chi connectivity index (χ1n) is 4.78. The van der Waals surface area contributed by atoms with Gasteiger partial charge < -0.3 is 19.4 Å². The van der Waals surface area contributed by atoms with Crippen LogP contribution in [-0.2, 0) is 4.79 Å². The first-order chi connectivity index (χ1) is 7.22. The molecule has 4 nitrogen and oxygen atoms in total. The maximum atomic E-state index is 10.1. The number of aliphatic carboxylic acids is 1. The van der Waals surface area contributed by atoms with Crippen LogP contribution in [0.15, 0.2) is 24.3 Å². The van der Waals surface area contributed by atoms with Crippen LogP contribution in [0.2, 0.25) is 0 Å². The Labute approximate surface area is 88.4 Å². The standard InChI is InChI=1S/C11H14O4/c1-2-7-14-9-3-5-10(6-4-9)15-8-11(12)13/h3-6H,2,7-8H2,1H3,(H,12,13)/p-1. The van der Waals surface area contributed by atoms with Crippen LogP contribution in [0.1, 0.15) is 13.3 Å². The molecule has 1 aromatic rings. The Bertz CT molecular complexity index is 305. The molecule has 0 aromatic heterocycles. The summed E-state index contributed by atoms with van der Waals surface area (Å²) in [7, 11) is 0. The molecule has 0 saturated carbocycles. The first-order valence-corrected chi connectivity index (χ1v) is 4.78. The molecule has 0 bridgehead atoms. The van der Waals surface area contributed by atoms with Crippen molar-refractivity contribution in [2.24, 2.45) is 0 Å². The fraction of sp³-hybridized carbons (Fsp3) is 0.364. The lowest BCUT2D eigenvalue weighted by Crippen LogP contribution is -2.28. The summed E-state index contributed by atoms with van der Waals surface area (Å²) in [5, 5.41) is 10.1. The molecule has 0 spiro atoms. The maximum absolute atomic E-state index is 10.1. The zero-order chi connectivity index (χ0) is 11.1. The van der Waals surface area contributed by atoms with E-state index >= 15 is 0 Å². The predicted octanol–water partition coefficient (Wildman–Crippen LogP) is 0.604. The maximum Gasteiger partial charge on any atom is 0.128 e. The molecule has 0 aliphatic rings. The minimum atomic E-state index is -1.23. The second-order valence-corrected chi connectivity index (χ2v) is 2.98. The summed E-state index contributed by atoms with van der Waals surface area (Å²) in [4.78, 5) is 10.1. The van der Waals surface area contributed by atoms with Gasteiger partial charge in [-0.25, -0.2) is 0 Å². The molecule has 0 heterocycles. The van der Waals surface area contributed by atoms with E-state index in [-0.39, 0.29) is 0 Å². The van der Waals surface area contributed by atoms with E-state index in [1.165, 1.54) is 0 Å². The summed E-state index contributed by atoms with van der Waals surface area (Å²) in [5.41, 5.74) is 0. The zero-order valence-corrected chi connectivity index (χ0v) is 8.56. The molecule has 82 valence electrons. The molecular weight excluding hydrogens is 196 g/mol. The second-order valence-electron chi connectivity index (χ2n) is 2.98. The molecule has 0 amide bonds. The molecule has 0 aliphatic carbocycles. The molecule has 1 rings (SSSR count). The average Bonchev–Trinajstić information content (AvgIpc) is 2.25. The summed E-state index contributed by atoms with van der Waals surface area (Å²) in [5.74, 6) is 0.00186. The molecule has 1 aromatic carbocycles. The van der Waals surface area contributed by atoms with Gasteiger partial charge >= 0.3 is 0 Å². The minimum absolute atomic E-state index is 0.435. The summed E-state index contributed by atoms with van der Waals surface area (Å²) in [6.07, 6.45) is 0.947. The first kappa shape index (κ1) is 11.4. The van der Waals surface area contributed by atoms with Gasteiger partial charge in [0.05, 0.1) is 12.6 Å². The van der Waals surface area contributed by atoms with E-state index in [0.717, 1.165) is 12.2 Å². The van der Waals surface area contributed by atoms with Crippen LogP contribution >= 0.6 is 0 Å². The minimum Gasteiger partial charge on any atom is -0.546 e. The SMILES string of the molecule is CCCOc1ccc(OCC(=O)[O-])cc1. The van der Waals surface area contributed by atoms with Crippen molar-refractivity contribution < 1.29 is 19.4 Å². The third-order valence-corrected chi connectivity index (χ3v) is 1.65. The van der Waals surface area contributed by atoms with Crippen molar-refractivity contribution in [1.29, 1.82) is 0 Å². The van der Waals surface area contributed by atoms with Crippen LogP contribution in [0.4, 0.5) is 0 Å². The summed E-state index contributed by atoms with van der Waals surface area (Å²) < 4.78 is 10.3. The molecule has 0 fully saturated rings. The molecule has 0 N–H and O–H groups in total. The molecule has 0 atom stereocenters. The fourth-order valence-electron chi connectivity index (χ4n) is 0.994. The van der Waals surface area contributed by atoms with Gasteiger partial charge in [-0.1, -0.05) is 6.92 Å². The molecular formula is C11H13O4-. The van der Waals surface area contributed by atoms with Crippen molar-refractivity contribution in [2.45, 2.75) is 13.3 Å². The van der Waals surface area contributed by atoms with E-state index in [1.54, 1.807) is 24.3 Å². The highest BCUT2D eigenvalue weighted by Gasteiger charge is 1.95. The molecule has 0 radical (unpaired) electrons. The van der Waals surface area contributed by atoms with Gasteiger partial charge in [-0.15, -0.1) is 0 Å². The molecule has 0 unspecified atom stereocenters. The Hall–Kier alpha value is -1.71. The van der Waals surface area contributed by atoms with E-state index in [4.69, 9.17) is 9.47 Å². The average molecular weight is 209 g/mol. The zero-order valence-electron chi connectivity index (χ0n) is 8.56. The van der Waals surface area contributed by atoms with Gasteiger partial charge in [0.1, 0.15) is 18.1 Å². The summed E-state index contributed by atoms with van der Waals surface area (Å²) in [6.45, 7) is 2.26. The Balaban J connectivity index is 2.45. The van der Waals surface area contributed by atoms with Gasteiger partial charge in [0.2, 0.25) is 0 Å². The van der Waals surface area contributed by atoms with E-state index < -0.39 is 12.6 Å².